The van der Waals surface area contributed by atoms with Crippen LogP contribution in [0.15, 0.2) is 48.9 Å². The molecule has 2 heterocycles. The van der Waals surface area contributed by atoms with Crippen LogP contribution in [0.1, 0.15) is 28.2 Å². The fraction of sp³-hybridized carbons (Fsp3) is 0.188. The van der Waals surface area contributed by atoms with Crippen molar-refractivity contribution in [1.29, 1.82) is 0 Å². The Kier molecular flexibility index (Phi) is 4.37. The van der Waals surface area contributed by atoms with Gasteiger partial charge < -0.3 is 5.32 Å². The normalized spacial score (nSPS) is 11.0. The lowest BCUT2D eigenvalue weighted by molar-refractivity contribution is 0.0561. The molecular weight excluding hydrogens is 316 g/mol. The van der Waals surface area contributed by atoms with Crippen LogP contribution in [0.5, 0.6) is 0 Å². The Bertz CT molecular complexity index is 856. The smallest absolute Gasteiger partial charge is 0.318 e. The van der Waals surface area contributed by atoms with E-state index < -0.39 is 12.5 Å². The Morgan fingerprint density at radius 1 is 1.33 bits per heavy atom. The van der Waals surface area contributed by atoms with E-state index >= 15 is 0 Å². The highest BCUT2D eigenvalue weighted by molar-refractivity contribution is 6.02. The van der Waals surface area contributed by atoms with Crippen molar-refractivity contribution < 1.29 is 13.6 Å². The number of halogens is 2. The van der Waals surface area contributed by atoms with E-state index in [2.05, 4.69) is 21.6 Å². The van der Waals surface area contributed by atoms with Crippen LogP contribution in [-0.4, -0.2) is 25.5 Å². The van der Waals surface area contributed by atoms with E-state index in [0.717, 1.165) is 17.3 Å². The molecule has 0 fully saturated rings. The minimum absolute atomic E-state index is 0.0817. The van der Waals surface area contributed by atoms with Crippen molar-refractivity contribution in [3.63, 3.8) is 0 Å². The van der Waals surface area contributed by atoms with Gasteiger partial charge in [-0.3, -0.25) is 9.48 Å². The molecule has 0 aliphatic rings. The second-order valence-electron chi connectivity index (χ2n) is 5.33. The van der Waals surface area contributed by atoms with Crippen molar-refractivity contribution >= 4 is 11.6 Å². The number of nitrogens with one attached hydrogen (secondary N) is 1. The molecule has 0 unspecified atom stereocenters. The summed E-state index contributed by atoms with van der Waals surface area (Å²) >= 11 is 0. The molecule has 3 rings (SSSR count). The molecule has 0 saturated carbocycles. The van der Waals surface area contributed by atoms with E-state index in [-0.39, 0.29) is 5.69 Å². The van der Waals surface area contributed by atoms with Crippen molar-refractivity contribution in [3.05, 3.63) is 65.7 Å². The molecule has 3 aromatic rings. The maximum atomic E-state index is 12.5. The molecule has 1 N–H and O–H groups in total. The minimum Gasteiger partial charge on any atom is -0.318 e. The summed E-state index contributed by atoms with van der Waals surface area (Å²) in [5.41, 5.74) is 2.63. The number of nitrogens with zero attached hydrogens (tertiary/aromatic N) is 4. The molecule has 1 amide bonds. The van der Waals surface area contributed by atoms with E-state index in [1.807, 2.05) is 25.1 Å². The van der Waals surface area contributed by atoms with Gasteiger partial charge in [0, 0.05) is 12.4 Å². The zero-order valence-electron chi connectivity index (χ0n) is 12.9. The summed E-state index contributed by atoms with van der Waals surface area (Å²) in [6.07, 6.45) is 4.23. The summed E-state index contributed by atoms with van der Waals surface area (Å²) in [5.74, 6) is -0.565. The lowest BCUT2D eigenvalue weighted by Crippen LogP contribution is -2.13. The van der Waals surface area contributed by atoms with Gasteiger partial charge in [-0.1, -0.05) is 29.8 Å². The molecule has 0 saturated heterocycles. The van der Waals surface area contributed by atoms with Crippen molar-refractivity contribution in [1.82, 2.24) is 19.6 Å². The maximum absolute atomic E-state index is 12.5. The third kappa shape index (κ3) is 3.65. The van der Waals surface area contributed by atoms with Crippen LogP contribution in [0, 0.1) is 6.92 Å². The van der Waals surface area contributed by atoms with Crippen LogP contribution >= 0.6 is 0 Å². The van der Waals surface area contributed by atoms with E-state index in [1.54, 1.807) is 10.9 Å². The molecule has 2 aromatic heterocycles. The summed E-state index contributed by atoms with van der Waals surface area (Å²) in [6.45, 7) is -0.197. The van der Waals surface area contributed by atoms with Crippen LogP contribution in [0.25, 0.3) is 0 Å². The van der Waals surface area contributed by atoms with Gasteiger partial charge in [0.05, 0.1) is 18.4 Å². The number of aromatic nitrogens is 4. The number of rotatable bonds is 5. The number of hydrogen-bond donors (Lipinski definition) is 1. The number of hydrogen-bond acceptors (Lipinski definition) is 3. The Morgan fingerprint density at radius 2 is 2.17 bits per heavy atom. The summed E-state index contributed by atoms with van der Waals surface area (Å²) in [7, 11) is 0. The average Bonchev–Trinajstić information content (AvgIpc) is 3.17. The van der Waals surface area contributed by atoms with Crippen molar-refractivity contribution in [2.75, 3.05) is 5.32 Å². The first-order valence-corrected chi connectivity index (χ1v) is 7.24. The van der Waals surface area contributed by atoms with Crippen molar-refractivity contribution in [3.8, 4) is 0 Å². The molecule has 0 spiro atoms. The molecule has 0 bridgehead atoms. The third-order valence-electron chi connectivity index (χ3n) is 3.36. The molecule has 0 aliphatic heterocycles. The first kappa shape index (κ1) is 15.9. The number of anilines is 1. The van der Waals surface area contributed by atoms with Gasteiger partial charge in [-0.05, 0) is 18.6 Å². The van der Waals surface area contributed by atoms with Crippen LogP contribution in [0.2, 0.25) is 0 Å². The summed E-state index contributed by atoms with van der Waals surface area (Å²) in [6, 6.07) is 9.26. The number of carbonyl (C=O) groups is 1. The Morgan fingerprint density at radius 3 is 2.88 bits per heavy atom. The van der Waals surface area contributed by atoms with Crippen LogP contribution in [-0.2, 0) is 6.54 Å². The minimum atomic E-state index is -2.77. The highest BCUT2D eigenvalue weighted by Gasteiger charge is 2.14. The van der Waals surface area contributed by atoms with Crippen LogP contribution in [0.4, 0.5) is 14.5 Å². The highest BCUT2D eigenvalue weighted by atomic mass is 19.3. The monoisotopic (exact) mass is 331 g/mol. The van der Waals surface area contributed by atoms with E-state index in [4.69, 9.17) is 0 Å². The number of carbonyl (C=O) groups excluding carboxylic acids is 1. The van der Waals surface area contributed by atoms with Gasteiger partial charge in [-0.2, -0.15) is 19.0 Å². The zero-order chi connectivity index (χ0) is 17.1. The summed E-state index contributed by atoms with van der Waals surface area (Å²) in [5, 5.41) is 10.3. The lowest BCUT2D eigenvalue weighted by Gasteiger charge is -2.03. The maximum Gasteiger partial charge on any atom is 0.333 e. The Labute approximate surface area is 136 Å². The molecule has 8 heteroatoms. The lowest BCUT2D eigenvalue weighted by atomic mass is 10.1. The molecule has 6 nitrogen and oxygen atoms in total. The third-order valence-corrected chi connectivity index (χ3v) is 3.36. The summed E-state index contributed by atoms with van der Waals surface area (Å²) in [4.78, 5) is 12.0. The van der Waals surface area contributed by atoms with Gasteiger partial charge in [0.25, 0.3) is 5.91 Å². The number of amides is 1. The van der Waals surface area contributed by atoms with Gasteiger partial charge in [0.2, 0.25) is 0 Å². The van der Waals surface area contributed by atoms with Gasteiger partial charge in [-0.15, -0.1) is 0 Å². The van der Waals surface area contributed by atoms with E-state index in [9.17, 15) is 13.6 Å². The first-order chi connectivity index (χ1) is 11.5. The predicted molar refractivity (Wildman–Crippen MR) is 83.9 cm³/mol. The molecule has 1 aromatic carbocycles. The second-order valence-corrected chi connectivity index (χ2v) is 5.33. The topological polar surface area (TPSA) is 64.7 Å². The SMILES string of the molecule is Cc1cccc(Cn2cc(NC(=O)c3ccn(C(F)F)n3)cn2)c1. The predicted octanol–water partition coefficient (Wildman–Crippen LogP) is 3.08. The number of benzene rings is 1. The van der Waals surface area contributed by atoms with E-state index in [0.29, 0.717) is 16.9 Å². The quantitative estimate of drug-likeness (QED) is 0.781. The Balaban J connectivity index is 1.66. The van der Waals surface area contributed by atoms with Gasteiger partial charge in [-0.25, -0.2) is 4.68 Å². The Hall–Kier alpha value is -3.03. The van der Waals surface area contributed by atoms with Crippen molar-refractivity contribution in [2.24, 2.45) is 0 Å². The summed E-state index contributed by atoms with van der Waals surface area (Å²) < 4.78 is 27.0. The molecule has 0 atom stereocenters. The standard InChI is InChI=1S/C16H15F2N5O/c1-11-3-2-4-12(7-11)9-22-10-13(8-19-22)20-15(24)14-5-6-23(21-14)16(17)18/h2-8,10,16H,9H2,1H3,(H,20,24). The van der Waals surface area contributed by atoms with E-state index in [1.165, 1.54) is 12.3 Å². The molecule has 124 valence electrons. The van der Waals surface area contributed by atoms with Crippen LogP contribution in [0.3, 0.4) is 0 Å². The fourth-order valence-electron chi connectivity index (χ4n) is 2.28. The highest BCUT2D eigenvalue weighted by Crippen LogP contribution is 2.12. The van der Waals surface area contributed by atoms with Gasteiger partial charge in [0.15, 0.2) is 5.69 Å². The first-order valence-electron chi connectivity index (χ1n) is 7.24. The van der Waals surface area contributed by atoms with Gasteiger partial charge in [0.1, 0.15) is 0 Å². The van der Waals surface area contributed by atoms with Gasteiger partial charge >= 0.3 is 6.55 Å². The van der Waals surface area contributed by atoms with Crippen molar-refractivity contribution in [2.45, 2.75) is 20.0 Å². The number of alkyl halides is 2. The average molecular weight is 331 g/mol. The van der Waals surface area contributed by atoms with Crippen LogP contribution < -0.4 is 5.32 Å². The second kappa shape index (κ2) is 6.61. The molecular formula is C16H15F2N5O. The zero-order valence-corrected chi connectivity index (χ0v) is 12.9. The number of aryl methyl sites for hydroxylation is 1. The fourth-order valence-corrected chi connectivity index (χ4v) is 2.28. The largest absolute Gasteiger partial charge is 0.333 e. The molecule has 24 heavy (non-hydrogen) atoms. The molecule has 0 aliphatic carbocycles. The molecule has 0 radical (unpaired) electrons.